The summed E-state index contributed by atoms with van der Waals surface area (Å²) < 4.78 is 0. The van der Waals surface area contributed by atoms with Gasteiger partial charge in [-0.3, -0.25) is 9.59 Å². The molecular weight excluding hydrogens is 220 g/mol. The molecule has 1 saturated carbocycles. The van der Waals surface area contributed by atoms with Gasteiger partial charge in [0.2, 0.25) is 5.91 Å². The first kappa shape index (κ1) is 14.0. The minimum Gasteiger partial charge on any atom is -0.480 e. The summed E-state index contributed by atoms with van der Waals surface area (Å²) >= 11 is 0. The summed E-state index contributed by atoms with van der Waals surface area (Å²) in [7, 11) is 3.82. The van der Waals surface area contributed by atoms with Crippen molar-refractivity contribution in [3.8, 4) is 0 Å². The zero-order valence-corrected chi connectivity index (χ0v) is 10.7. The molecule has 0 radical (unpaired) electrons. The van der Waals surface area contributed by atoms with E-state index in [9.17, 15) is 9.59 Å². The third kappa shape index (κ3) is 5.17. The van der Waals surface area contributed by atoms with Gasteiger partial charge in [-0.15, -0.1) is 0 Å². The number of carbonyl (C=O) groups excluding carboxylic acids is 1. The van der Waals surface area contributed by atoms with Crippen LogP contribution in [0.1, 0.15) is 25.7 Å². The molecule has 1 amide bonds. The number of carboxylic acids is 1. The van der Waals surface area contributed by atoms with Gasteiger partial charge < -0.3 is 14.9 Å². The Bertz CT molecular complexity index is 275. The fraction of sp³-hybridized carbons (Fsp3) is 0.833. The van der Waals surface area contributed by atoms with E-state index < -0.39 is 5.97 Å². The van der Waals surface area contributed by atoms with E-state index in [1.54, 1.807) is 0 Å². The molecule has 0 aromatic carbocycles. The van der Waals surface area contributed by atoms with Crippen LogP contribution in [0.15, 0.2) is 0 Å². The molecule has 1 N–H and O–H groups in total. The summed E-state index contributed by atoms with van der Waals surface area (Å²) in [4.78, 5) is 26.1. The predicted molar refractivity (Wildman–Crippen MR) is 64.7 cm³/mol. The topological polar surface area (TPSA) is 60.9 Å². The molecule has 1 fully saturated rings. The molecule has 0 saturated heterocycles. The van der Waals surface area contributed by atoms with Gasteiger partial charge in [-0.2, -0.15) is 0 Å². The Labute approximate surface area is 102 Å². The molecule has 0 bridgehead atoms. The Kier molecular flexibility index (Phi) is 5.41. The van der Waals surface area contributed by atoms with Crippen molar-refractivity contribution < 1.29 is 14.7 Å². The van der Waals surface area contributed by atoms with Gasteiger partial charge in [-0.05, 0) is 32.9 Å². The van der Waals surface area contributed by atoms with Crippen molar-refractivity contribution in [3.63, 3.8) is 0 Å². The molecule has 98 valence electrons. The van der Waals surface area contributed by atoms with Gasteiger partial charge in [0, 0.05) is 19.5 Å². The molecular formula is C12H22N2O3. The summed E-state index contributed by atoms with van der Waals surface area (Å²) in [6, 6.07) is 0. The van der Waals surface area contributed by atoms with Gasteiger partial charge in [0.25, 0.3) is 0 Å². The van der Waals surface area contributed by atoms with E-state index in [2.05, 4.69) is 0 Å². The van der Waals surface area contributed by atoms with E-state index in [-0.39, 0.29) is 12.5 Å². The van der Waals surface area contributed by atoms with Crippen molar-refractivity contribution in [1.29, 1.82) is 0 Å². The maximum atomic E-state index is 11.9. The average Bonchev–Trinajstić information content (AvgIpc) is 2.17. The highest BCUT2D eigenvalue weighted by molar-refractivity contribution is 5.81. The Morgan fingerprint density at radius 2 is 1.88 bits per heavy atom. The molecule has 0 aromatic heterocycles. The highest BCUT2D eigenvalue weighted by Gasteiger charge is 2.24. The fourth-order valence-electron chi connectivity index (χ4n) is 1.85. The van der Waals surface area contributed by atoms with Crippen LogP contribution in [0.4, 0.5) is 0 Å². The number of rotatable bonds is 7. The van der Waals surface area contributed by atoms with Crippen LogP contribution in [0.3, 0.4) is 0 Å². The Morgan fingerprint density at radius 3 is 2.29 bits per heavy atom. The van der Waals surface area contributed by atoms with Gasteiger partial charge >= 0.3 is 5.97 Å². The van der Waals surface area contributed by atoms with E-state index in [4.69, 9.17) is 5.11 Å². The molecule has 0 atom stereocenters. The smallest absolute Gasteiger partial charge is 0.323 e. The normalized spacial score (nSPS) is 15.7. The van der Waals surface area contributed by atoms with Crippen LogP contribution >= 0.6 is 0 Å². The second-order valence-corrected chi connectivity index (χ2v) is 5.01. The van der Waals surface area contributed by atoms with Gasteiger partial charge in [-0.25, -0.2) is 0 Å². The maximum Gasteiger partial charge on any atom is 0.323 e. The lowest BCUT2D eigenvalue weighted by Crippen LogP contribution is -2.41. The highest BCUT2D eigenvalue weighted by Crippen LogP contribution is 2.29. The van der Waals surface area contributed by atoms with Crippen LogP contribution in [-0.2, 0) is 9.59 Å². The van der Waals surface area contributed by atoms with Crippen molar-refractivity contribution in [2.75, 3.05) is 33.7 Å². The van der Waals surface area contributed by atoms with E-state index in [0.29, 0.717) is 25.4 Å². The molecule has 0 spiro atoms. The molecule has 5 heteroatoms. The molecule has 1 aliphatic rings. The molecule has 1 aliphatic carbocycles. The standard InChI is InChI=1S/C12H22N2O3/c1-13(2)6-7-14(9-12(16)17)11(15)8-10-4-3-5-10/h10H,3-9H2,1-2H3,(H,16,17). The van der Waals surface area contributed by atoms with Crippen molar-refractivity contribution in [3.05, 3.63) is 0 Å². The van der Waals surface area contributed by atoms with E-state index >= 15 is 0 Å². The molecule has 17 heavy (non-hydrogen) atoms. The second-order valence-electron chi connectivity index (χ2n) is 5.01. The van der Waals surface area contributed by atoms with Crippen molar-refractivity contribution in [1.82, 2.24) is 9.80 Å². The number of amides is 1. The van der Waals surface area contributed by atoms with Gasteiger partial charge in [0.15, 0.2) is 0 Å². The third-order valence-electron chi connectivity index (χ3n) is 3.18. The second kappa shape index (κ2) is 6.59. The summed E-state index contributed by atoms with van der Waals surface area (Å²) in [6.45, 7) is 1.01. The number of hydrogen-bond donors (Lipinski definition) is 1. The zero-order valence-electron chi connectivity index (χ0n) is 10.7. The minimum absolute atomic E-state index is 0.0149. The predicted octanol–water partition coefficient (Wildman–Crippen LogP) is 0.651. The largest absolute Gasteiger partial charge is 0.480 e. The number of hydrogen-bond acceptors (Lipinski definition) is 3. The monoisotopic (exact) mass is 242 g/mol. The van der Waals surface area contributed by atoms with Crippen LogP contribution in [-0.4, -0.2) is 60.5 Å². The van der Waals surface area contributed by atoms with Gasteiger partial charge in [-0.1, -0.05) is 6.42 Å². The highest BCUT2D eigenvalue weighted by atomic mass is 16.4. The summed E-state index contributed by atoms with van der Waals surface area (Å²) in [5.41, 5.74) is 0. The lowest BCUT2D eigenvalue weighted by atomic mass is 9.82. The number of aliphatic carboxylic acids is 1. The van der Waals surface area contributed by atoms with Crippen LogP contribution in [0.25, 0.3) is 0 Å². The quantitative estimate of drug-likeness (QED) is 0.712. The maximum absolute atomic E-state index is 11.9. The number of likely N-dealkylation sites (N-methyl/N-ethyl adjacent to an activating group) is 1. The van der Waals surface area contributed by atoms with Crippen molar-refractivity contribution >= 4 is 11.9 Å². The van der Waals surface area contributed by atoms with Gasteiger partial charge in [0.05, 0.1) is 0 Å². The fourth-order valence-corrected chi connectivity index (χ4v) is 1.85. The third-order valence-corrected chi connectivity index (χ3v) is 3.18. The summed E-state index contributed by atoms with van der Waals surface area (Å²) in [5, 5.41) is 8.80. The lowest BCUT2D eigenvalue weighted by molar-refractivity contribution is -0.145. The first-order valence-electron chi connectivity index (χ1n) is 6.13. The van der Waals surface area contributed by atoms with Crippen LogP contribution in [0.2, 0.25) is 0 Å². The minimum atomic E-state index is -0.939. The van der Waals surface area contributed by atoms with E-state index in [1.807, 2.05) is 19.0 Å². The molecule has 0 heterocycles. The lowest BCUT2D eigenvalue weighted by Gasteiger charge is -2.28. The Hall–Kier alpha value is -1.10. The van der Waals surface area contributed by atoms with Crippen LogP contribution in [0.5, 0.6) is 0 Å². The van der Waals surface area contributed by atoms with E-state index in [1.165, 1.54) is 11.3 Å². The Morgan fingerprint density at radius 1 is 1.24 bits per heavy atom. The van der Waals surface area contributed by atoms with Crippen LogP contribution in [0, 0.1) is 5.92 Å². The van der Waals surface area contributed by atoms with Crippen molar-refractivity contribution in [2.24, 2.45) is 5.92 Å². The van der Waals surface area contributed by atoms with Gasteiger partial charge in [0.1, 0.15) is 6.54 Å². The SMILES string of the molecule is CN(C)CCN(CC(=O)O)C(=O)CC1CCC1. The van der Waals surface area contributed by atoms with Crippen molar-refractivity contribution in [2.45, 2.75) is 25.7 Å². The molecule has 1 rings (SSSR count). The molecule has 0 unspecified atom stereocenters. The molecule has 5 nitrogen and oxygen atoms in total. The number of carbonyl (C=O) groups is 2. The van der Waals surface area contributed by atoms with Crippen LogP contribution < -0.4 is 0 Å². The first-order chi connectivity index (χ1) is 7.99. The molecule has 0 aliphatic heterocycles. The number of carboxylic acid groups (broad SMARTS) is 1. The average molecular weight is 242 g/mol. The zero-order chi connectivity index (χ0) is 12.8. The number of nitrogens with zero attached hydrogens (tertiary/aromatic N) is 2. The first-order valence-corrected chi connectivity index (χ1v) is 6.13. The molecule has 0 aromatic rings. The summed E-state index contributed by atoms with van der Waals surface area (Å²) in [5.74, 6) is -0.470. The van der Waals surface area contributed by atoms with E-state index in [0.717, 1.165) is 12.8 Å². The summed E-state index contributed by atoms with van der Waals surface area (Å²) in [6.07, 6.45) is 3.94. The Balaban J connectivity index is 2.41.